The molecule has 2 rings (SSSR count). The van der Waals surface area contributed by atoms with Gasteiger partial charge in [0.25, 0.3) is 0 Å². The van der Waals surface area contributed by atoms with Crippen LogP contribution in [0.5, 0.6) is 0 Å². The maximum atomic E-state index is 6.01. The Morgan fingerprint density at radius 1 is 1.10 bits per heavy atom. The molecule has 118 valence electrons. The smallest absolute Gasteiger partial charge is 0.0834 e. The van der Waals surface area contributed by atoms with Gasteiger partial charge in [0.2, 0.25) is 0 Å². The summed E-state index contributed by atoms with van der Waals surface area (Å²) < 4.78 is 6.01. The maximum absolute atomic E-state index is 6.01. The number of nitrogens with one attached hydrogen (secondary N) is 1. The standard InChI is InChI=1S/C19H31NO/c1-4-14-20-18(19(21-3)12-6-7-13-19)15-17-10-8-16(5-2)9-11-17/h8-11,18,20H,4-7,12-15H2,1-3H3. The van der Waals surface area contributed by atoms with E-state index < -0.39 is 0 Å². The number of rotatable bonds is 8. The first kappa shape index (κ1) is 16.5. The molecule has 1 unspecified atom stereocenters. The van der Waals surface area contributed by atoms with E-state index in [-0.39, 0.29) is 5.60 Å². The van der Waals surface area contributed by atoms with Crippen LogP contribution in [0.15, 0.2) is 24.3 Å². The Morgan fingerprint density at radius 3 is 2.24 bits per heavy atom. The van der Waals surface area contributed by atoms with E-state index in [0.29, 0.717) is 6.04 Å². The summed E-state index contributed by atoms with van der Waals surface area (Å²) in [6.07, 6.45) is 8.33. The number of methoxy groups -OCH3 is 1. The highest BCUT2D eigenvalue weighted by molar-refractivity contribution is 5.24. The molecule has 0 aliphatic heterocycles. The Hall–Kier alpha value is -0.860. The second-order valence-electron chi connectivity index (χ2n) is 6.36. The molecule has 1 fully saturated rings. The van der Waals surface area contributed by atoms with Crippen molar-refractivity contribution < 1.29 is 4.74 Å². The van der Waals surface area contributed by atoms with Crippen LogP contribution in [0.25, 0.3) is 0 Å². The minimum Gasteiger partial charge on any atom is -0.377 e. The molecule has 2 nitrogen and oxygen atoms in total. The van der Waals surface area contributed by atoms with Crippen molar-refractivity contribution in [1.82, 2.24) is 5.32 Å². The van der Waals surface area contributed by atoms with Gasteiger partial charge in [-0.25, -0.2) is 0 Å². The van der Waals surface area contributed by atoms with Crippen molar-refractivity contribution in [2.75, 3.05) is 13.7 Å². The third-order valence-corrected chi connectivity index (χ3v) is 5.00. The Labute approximate surface area is 130 Å². The zero-order chi connectivity index (χ0) is 15.1. The summed E-state index contributed by atoms with van der Waals surface area (Å²) in [6, 6.07) is 9.54. The molecule has 0 heterocycles. The van der Waals surface area contributed by atoms with Crippen LogP contribution in [0, 0.1) is 0 Å². The largest absolute Gasteiger partial charge is 0.377 e. The molecule has 0 amide bonds. The lowest BCUT2D eigenvalue weighted by atomic mass is 9.87. The molecular formula is C19H31NO. The predicted octanol–water partition coefficient (Wildman–Crippen LogP) is 4.12. The quantitative estimate of drug-likeness (QED) is 0.777. The summed E-state index contributed by atoms with van der Waals surface area (Å²) in [5.74, 6) is 0. The zero-order valence-electron chi connectivity index (χ0n) is 14.0. The van der Waals surface area contributed by atoms with Gasteiger partial charge in [0.15, 0.2) is 0 Å². The van der Waals surface area contributed by atoms with E-state index in [1.807, 2.05) is 7.11 Å². The van der Waals surface area contributed by atoms with Gasteiger partial charge >= 0.3 is 0 Å². The first-order chi connectivity index (χ1) is 10.2. The van der Waals surface area contributed by atoms with Crippen molar-refractivity contribution in [2.24, 2.45) is 0 Å². The lowest BCUT2D eigenvalue weighted by molar-refractivity contribution is -0.0354. The molecule has 0 bridgehead atoms. The molecule has 1 aliphatic rings. The highest BCUT2D eigenvalue weighted by atomic mass is 16.5. The molecule has 21 heavy (non-hydrogen) atoms. The SMILES string of the molecule is CCCNC(Cc1ccc(CC)cc1)C1(OC)CCCC1. The Balaban J connectivity index is 2.11. The summed E-state index contributed by atoms with van der Waals surface area (Å²) in [5.41, 5.74) is 2.88. The summed E-state index contributed by atoms with van der Waals surface area (Å²) in [4.78, 5) is 0. The molecule has 1 aliphatic carbocycles. The van der Waals surface area contributed by atoms with E-state index in [2.05, 4.69) is 43.4 Å². The minimum atomic E-state index is 0.0403. The van der Waals surface area contributed by atoms with Crippen LogP contribution < -0.4 is 5.32 Å². The van der Waals surface area contributed by atoms with Crippen molar-refractivity contribution in [3.05, 3.63) is 35.4 Å². The Bertz CT molecular complexity index is 406. The fourth-order valence-electron chi connectivity index (χ4n) is 3.58. The van der Waals surface area contributed by atoms with Crippen LogP contribution in [0.4, 0.5) is 0 Å². The third-order valence-electron chi connectivity index (χ3n) is 5.00. The summed E-state index contributed by atoms with van der Waals surface area (Å²) in [7, 11) is 1.89. The van der Waals surface area contributed by atoms with Crippen molar-refractivity contribution in [3.8, 4) is 0 Å². The highest BCUT2D eigenvalue weighted by Crippen LogP contribution is 2.36. The normalized spacial score (nSPS) is 18.8. The predicted molar refractivity (Wildman–Crippen MR) is 89.8 cm³/mol. The molecule has 0 saturated heterocycles. The van der Waals surface area contributed by atoms with Crippen LogP contribution in [0.1, 0.15) is 57.1 Å². The molecule has 1 atom stereocenters. The molecule has 2 heteroatoms. The van der Waals surface area contributed by atoms with Crippen molar-refractivity contribution >= 4 is 0 Å². The lowest BCUT2D eigenvalue weighted by Gasteiger charge is -2.37. The molecule has 1 N–H and O–H groups in total. The van der Waals surface area contributed by atoms with Gasteiger partial charge in [-0.1, -0.05) is 51.0 Å². The molecule has 1 saturated carbocycles. The Kier molecular flexibility index (Phi) is 6.25. The van der Waals surface area contributed by atoms with Crippen LogP contribution in [0.3, 0.4) is 0 Å². The number of aryl methyl sites for hydroxylation is 1. The number of ether oxygens (including phenoxy) is 1. The van der Waals surface area contributed by atoms with Gasteiger partial charge in [0, 0.05) is 13.2 Å². The van der Waals surface area contributed by atoms with Crippen LogP contribution in [0.2, 0.25) is 0 Å². The summed E-state index contributed by atoms with van der Waals surface area (Å²) >= 11 is 0. The van der Waals surface area contributed by atoms with E-state index >= 15 is 0 Å². The van der Waals surface area contributed by atoms with Crippen molar-refractivity contribution in [3.63, 3.8) is 0 Å². The number of hydrogen-bond acceptors (Lipinski definition) is 2. The fraction of sp³-hybridized carbons (Fsp3) is 0.684. The summed E-state index contributed by atoms with van der Waals surface area (Å²) in [6.45, 7) is 5.51. The van der Waals surface area contributed by atoms with Gasteiger partial charge in [-0.15, -0.1) is 0 Å². The van der Waals surface area contributed by atoms with E-state index in [4.69, 9.17) is 4.74 Å². The van der Waals surface area contributed by atoms with Gasteiger partial charge in [-0.2, -0.15) is 0 Å². The van der Waals surface area contributed by atoms with Crippen molar-refractivity contribution in [1.29, 1.82) is 0 Å². The van der Waals surface area contributed by atoms with Gasteiger partial charge in [0.1, 0.15) is 0 Å². The number of hydrogen-bond donors (Lipinski definition) is 1. The molecule has 0 spiro atoms. The molecule has 0 radical (unpaired) electrons. The minimum absolute atomic E-state index is 0.0403. The average molecular weight is 289 g/mol. The van der Waals surface area contributed by atoms with E-state index in [0.717, 1.165) is 19.4 Å². The fourth-order valence-corrected chi connectivity index (χ4v) is 3.58. The third kappa shape index (κ3) is 4.08. The number of benzene rings is 1. The first-order valence-corrected chi connectivity index (χ1v) is 8.60. The maximum Gasteiger partial charge on any atom is 0.0834 e. The van der Waals surface area contributed by atoms with Crippen LogP contribution >= 0.6 is 0 Å². The van der Waals surface area contributed by atoms with Gasteiger partial charge < -0.3 is 10.1 Å². The van der Waals surface area contributed by atoms with E-state index in [1.165, 1.54) is 43.2 Å². The summed E-state index contributed by atoms with van der Waals surface area (Å²) in [5, 5.41) is 3.76. The second kappa shape index (κ2) is 7.95. The van der Waals surface area contributed by atoms with E-state index in [9.17, 15) is 0 Å². The van der Waals surface area contributed by atoms with Crippen LogP contribution in [-0.4, -0.2) is 25.3 Å². The second-order valence-corrected chi connectivity index (χ2v) is 6.36. The molecule has 0 aromatic heterocycles. The van der Waals surface area contributed by atoms with Crippen molar-refractivity contribution in [2.45, 2.75) is 70.4 Å². The van der Waals surface area contributed by atoms with Gasteiger partial charge in [0.05, 0.1) is 5.60 Å². The molecular weight excluding hydrogens is 258 g/mol. The van der Waals surface area contributed by atoms with Gasteiger partial charge in [-0.3, -0.25) is 0 Å². The molecule has 1 aromatic carbocycles. The molecule has 1 aromatic rings. The zero-order valence-corrected chi connectivity index (χ0v) is 14.0. The topological polar surface area (TPSA) is 21.3 Å². The average Bonchev–Trinajstić information content (AvgIpc) is 3.02. The first-order valence-electron chi connectivity index (χ1n) is 8.60. The highest BCUT2D eigenvalue weighted by Gasteiger charge is 2.41. The lowest BCUT2D eigenvalue weighted by Crippen LogP contribution is -2.52. The van der Waals surface area contributed by atoms with Crippen LogP contribution in [-0.2, 0) is 17.6 Å². The monoisotopic (exact) mass is 289 g/mol. The van der Waals surface area contributed by atoms with E-state index in [1.54, 1.807) is 0 Å². The Morgan fingerprint density at radius 2 is 1.71 bits per heavy atom. The van der Waals surface area contributed by atoms with Gasteiger partial charge in [-0.05, 0) is 49.8 Å².